The number of nitrogens with one attached hydrogen (secondary N) is 2. The average Bonchev–Trinajstić information content (AvgIpc) is 2.77. The van der Waals surface area contributed by atoms with E-state index in [1.165, 1.54) is 18.2 Å². The number of benzene rings is 1. The van der Waals surface area contributed by atoms with Crippen LogP contribution in [0, 0.1) is 0 Å². The number of primary sulfonamides is 1. The first kappa shape index (κ1) is 14.8. The van der Waals surface area contributed by atoms with Crippen LogP contribution in [-0.4, -0.2) is 26.3 Å². The zero-order valence-electron chi connectivity index (χ0n) is 10.2. The number of anilines is 1. The maximum atomic E-state index is 11.9. The van der Waals surface area contributed by atoms with Gasteiger partial charge in [0, 0.05) is 6.42 Å². The lowest BCUT2D eigenvalue weighted by molar-refractivity contribution is -0.122. The SMILES string of the molecule is NS(=O)(=O)c1ccc(Cl)c(NC(=O)[C@H]2CCC(=O)N2)c1. The van der Waals surface area contributed by atoms with Gasteiger partial charge in [-0.05, 0) is 24.6 Å². The highest BCUT2D eigenvalue weighted by Gasteiger charge is 2.27. The van der Waals surface area contributed by atoms with E-state index in [2.05, 4.69) is 10.6 Å². The van der Waals surface area contributed by atoms with Crippen LogP contribution in [-0.2, 0) is 19.6 Å². The van der Waals surface area contributed by atoms with Gasteiger partial charge in [0.15, 0.2) is 0 Å². The maximum Gasteiger partial charge on any atom is 0.247 e. The molecule has 1 aliphatic rings. The summed E-state index contributed by atoms with van der Waals surface area (Å²) in [6.07, 6.45) is 0.667. The van der Waals surface area contributed by atoms with Crippen LogP contribution in [0.4, 0.5) is 5.69 Å². The minimum atomic E-state index is -3.89. The van der Waals surface area contributed by atoms with E-state index in [-0.39, 0.29) is 27.9 Å². The molecule has 0 radical (unpaired) electrons. The van der Waals surface area contributed by atoms with E-state index in [0.717, 1.165) is 0 Å². The highest BCUT2D eigenvalue weighted by atomic mass is 35.5. The number of halogens is 1. The van der Waals surface area contributed by atoms with Crippen molar-refractivity contribution in [3.63, 3.8) is 0 Å². The molecule has 0 aliphatic carbocycles. The Hall–Kier alpha value is -1.64. The Morgan fingerprint density at radius 2 is 2.15 bits per heavy atom. The molecule has 0 bridgehead atoms. The fourth-order valence-electron chi connectivity index (χ4n) is 1.81. The first-order valence-electron chi connectivity index (χ1n) is 5.70. The van der Waals surface area contributed by atoms with Gasteiger partial charge in [-0.25, -0.2) is 13.6 Å². The fraction of sp³-hybridized carbons (Fsp3) is 0.273. The van der Waals surface area contributed by atoms with Gasteiger partial charge in [-0.3, -0.25) is 9.59 Å². The van der Waals surface area contributed by atoms with Crippen LogP contribution in [0.25, 0.3) is 0 Å². The summed E-state index contributed by atoms with van der Waals surface area (Å²) >= 11 is 5.89. The van der Waals surface area contributed by atoms with Gasteiger partial charge >= 0.3 is 0 Å². The maximum absolute atomic E-state index is 11.9. The second-order valence-corrected chi connectivity index (χ2v) is 6.30. The van der Waals surface area contributed by atoms with E-state index >= 15 is 0 Å². The van der Waals surface area contributed by atoms with Crippen LogP contribution in [0.2, 0.25) is 5.02 Å². The van der Waals surface area contributed by atoms with Crippen LogP contribution in [0.15, 0.2) is 23.1 Å². The number of amides is 2. The number of nitrogens with two attached hydrogens (primary N) is 1. The second kappa shape index (κ2) is 5.39. The summed E-state index contributed by atoms with van der Waals surface area (Å²) in [7, 11) is -3.89. The third kappa shape index (κ3) is 3.27. The molecule has 2 rings (SSSR count). The molecule has 1 fully saturated rings. The van der Waals surface area contributed by atoms with Gasteiger partial charge in [-0.1, -0.05) is 11.6 Å². The van der Waals surface area contributed by atoms with Crippen molar-refractivity contribution in [3.8, 4) is 0 Å². The van der Waals surface area contributed by atoms with Crippen LogP contribution in [0.3, 0.4) is 0 Å². The number of hydrogen-bond donors (Lipinski definition) is 3. The summed E-state index contributed by atoms with van der Waals surface area (Å²) < 4.78 is 22.5. The summed E-state index contributed by atoms with van der Waals surface area (Å²) in [5, 5.41) is 10.2. The highest BCUT2D eigenvalue weighted by molar-refractivity contribution is 7.89. The molecule has 0 spiro atoms. The van der Waals surface area contributed by atoms with Gasteiger partial charge in [0.1, 0.15) is 6.04 Å². The molecule has 1 saturated heterocycles. The van der Waals surface area contributed by atoms with Gasteiger partial charge in [-0.15, -0.1) is 0 Å². The number of sulfonamides is 1. The highest BCUT2D eigenvalue weighted by Crippen LogP contribution is 2.25. The summed E-state index contributed by atoms with van der Waals surface area (Å²) in [4.78, 5) is 22.8. The van der Waals surface area contributed by atoms with E-state index in [4.69, 9.17) is 16.7 Å². The Morgan fingerprint density at radius 1 is 1.45 bits per heavy atom. The standard InChI is InChI=1S/C11H12ClN3O4S/c12-7-2-1-6(20(13,18)19)5-9(7)15-11(17)8-3-4-10(16)14-8/h1-2,5,8H,3-4H2,(H,14,16)(H,15,17)(H2,13,18,19)/t8-/m1/s1. The van der Waals surface area contributed by atoms with Gasteiger partial charge < -0.3 is 10.6 Å². The van der Waals surface area contributed by atoms with Crippen molar-refractivity contribution in [3.05, 3.63) is 23.2 Å². The molecule has 1 aliphatic heterocycles. The molecule has 2 amide bonds. The van der Waals surface area contributed by atoms with E-state index in [0.29, 0.717) is 6.42 Å². The van der Waals surface area contributed by atoms with Crippen LogP contribution in [0.1, 0.15) is 12.8 Å². The predicted octanol–water partition coefficient (Wildman–Crippen LogP) is 0.204. The lowest BCUT2D eigenvalue weighted by atomic mass is 10.2. The lowest BCUT2D eigenvalue weighted by Gasteiger charge is -2.12. The van der Waals surface area contributed by atoms with Crippen molar-refractivity contribution in [2.45, 2.75) is 23.8 Å². The Balaban J connectivity index is 2.20. The third-order valence-corrected chi connectivity index (χ3v) is 4.08. The molecule has 1 atom stereocenters. The third-order valence-electron chi connectivity index (χ3n) is 2.84. The lowest BCUT2D eigenvalue weighted by Crippen LogP contribution is -2.37. The Morgan fingerprint density at radius 3 is 2.70 bits per heavy atom. The van der Waals surface area contributed by atoms with E-state index in [9.17, 15) is 18.0 Å². The van der Waals surface area contributed by atoms with Crippen molar-refractivity contribution in [2.24, 2.45) is 5.14 Å². The van der Waals surface area contributed by atoms with Crippen LogP contribution in [0.5, 0.6) is 0 Å². The normalized spacial score (nSPS) is 18.7. The first-order chi connectivity index (χ1) is 9.27. The van der Waals surface area contributed by atoms with Gasteiger partial charge in [-0.2, -0.15) is 0 Å². The molecule has 1 aromatic rings. The van der Waals surface area contributed by atoms with E-state index in [1.54, 1.807) is 0 Å². The van der Waals surface area contributed by atoms with Crippen molar-refractivity contribution >= 4 is 39.1 Å². The minimum absolute atomic E-state index is 0.129. The smallest absolute Gasteiger partial charge is 0.247 e. The number of carbonyl (C=O) groups excluding carboxylic acids is 2. The molecule has 1 heterocycles. The molecule has 4 N–H and O–H groups in total. The summed E-state index contributed by atoms with van der Waals surface area (Å²) in [6.45, 7) is 0. The van der Waals surface area contributed by atoms with Crippen LogP contribution >= 0.6 is 11.6 Å². The average molecular weight is 318 g/mol. The van der Waals surface area contributed by atoms with Crippen molar-refractivity contribution in [2.75, 3.05) is 5.32 Å². The van der Waals surface area contributed by atoms with Gasteiger partial charge in [0.25, 0.3) is 0 Å². The van der Waals surface area contributed by atoms with Gasteiger partial charge in [0.05, 0.1) is 15.6 Å². The molecule has 0 unspecified atom stereocenters. The van der Waals surface area contributed by atoms with Crippen molar-refractivity contribution in [1.82, 2.24) is 5.32 Å². The van der Waals surface area contributed by atoms with Crippen molar-refractivity contribution < 1.29 is 18.0 Å². The molecule has 9 heteroatoms. The number of hydrogen-bond acceptors (Lipinski definition) is 4. The summed E-state index contributed by atoms with van der Waals surface area (Å²) in [5.41, 5.74) is 0.129. The Kier molecular flexibility index (Phi) is 3.98. The molecule has 0 saturated carbocycles. The Labute approximate surface area is 120 Å². The largest absolute Gasteiger partial charge is 0.344 e. The summed E-state index contributed by atoms with van der Waals surface area (Å²) in [6, 6.07) is 3.10. The zero-order chi connectivity index (χ0) is 14.9. The molecule has 1 aromatic carbocycles. The number of carbonyl (C=O) groups is 2. The molecular weight excluding hydrogens is 306 g/mol. The fourth-order valence-corrected chi connectivity index (χ4v) is 2.51. The van der Waals surface area contributed by atoms with Gasteiger partial charge in [0.2, 0.25) is 21.8 Å². The predicted molar refractivity (Wildman–Crippen MR) is 72.6 cm³/mol. The van der Waals surface area contributed by atoms with E-state index < -0.39 is 22.0 Å². The molecule has 108 valence electrons. The Bertz CT molecular complexity index is 674. The minimum Gasteiger partial charge on any atom is -0.344 e. The quantitative estimate of drug-likeness (QED) is 0.738. The van der Waals surface area contributed by atoms with Crippen LogP contribution < -0.4 is 15.8 Å². The summed E-state index contributed by atoms with van der Waals surface area (Å²) in [5.74, 6) is -0.654. The second-order valence-electron chi connectivity index (χ2n) is 4.33. The first-order valence-corrected chi connectivity index (χ1v) is 7.62. The zero-order valence-corrected chi connectivity index (χ0v) is 11.8. The molecule has 0 aromatic heterocycles. The molecular formula is C11H12ClN3O4S. The number of rotatable bonds is 3. The van der Waals surface area contributed by atoms with Crippen molar-refractivity contribution in [1.29, 1.82) is 0 Å². The molecule has 7 nitrogen and oxygen atoms in total. The molecule has 20 heavy (non-hydrogen) atoms. The van der Waals surface area contributed by atoms with E-state index in [1.807, 2.05) is 0 Å². The topological polar surface area (TPSA) is 118 Å². The monoisotopic (exact) mass is 317 g/mol.